The highest BCUT2D eigenvalue weighted by atomic mass is 16.3. The molecule has 2 aromatic carbocycles. The van der Waals surface area contributed by atoms with Gasteiger partial charge in [-0.1, -0.05) is 44.2 Å². The highest BCUT2D eigenvalue weighted by Gasteiger charge is 2.23. The Balaban J connectivity index is 2.12. The van der Waals surface area contributed by atoms with Crippen LogP contribution in [0.5, 0.6) is 0 Å². The fourth-order valence-corrected chi connectivity index (χ4v) is 4.09. The molecule has 132 valence electrons. The molecule has 0 saturated carbocycles. The van der Waals surface area contributed by atoms with E-state index < -0.39 is 0 Å². The van der Waals surface area contributed by atoms with Gasteiger partial charge in [0.2, 0.25) is 5.69 Å². The highest BCUT2D eigenvalue weighted by molar-refractivity contribution is 6.10. The van der Waals surface area contributed by atoms with Gasteiger partial charge in [-0.25, -0.2) is 4.57 Å². The summed E-state index contributed by atoms with van der Waals surface area (Å²) < 4.78 is 8.65. The van der Waals surface area contributed by atoms with Gasteiger partial charge < -0.3 is 4.42 Å². The lowest BCUT2D eigenvalue weighted by Gasteiger charge is -2.12. The van der Waals surface area contributed by atoms with E-state index in [1.54, 1.807) is 0 Å². The summed E-state index contributed by atoms with van der Waals surface area (Å²) in [6.45, 7) is 11.0. The highest BCUT2D eigenvalue weighted by Crippen LogP contribution is 2.38. The van der Waals surface area contributed by atoms with Crippen molar-refractivity contribution in [1.29, 1.82) is 0 Å². The minimum Gasteiger partial charge on any atom is -0.455 e. The van der Waals surface area contributed by atoms with Crippen LogP contribution in [-0.2, 0) is 7.05 Å². The summed E-state index contributed by atoms with van der Waals surface area (Å²) in [5.74, 6) is 0.493. The standard InChI is InChI=1S/C24H26NO/c1-14(2)20-12-21(25(6)13-17(20)5)22-15(3)10-11-19-18-9-7-8-16(4)23(18)26-24(19)22/h7-14H,1-6H3/q+1. The van der Waals surface area contributed by atoms with E-state index in [1.165, 1.54) is 44.3 Å². The lowest BCUT2D eigenvalue weighted by atomic mass is 9.94. The summed E-state index contributed by atoms with van der Waals surface area (Å²) in [5, 5.41) is 2.39. The van der Waals surface area contributed by atoms with Gasteiger partial charge in [-0.05, 0) is 43.4 Å². The summed E-state index contributed by atoms with van der Waals surface area (Å²) in [5.41, 5.74) is 9.53. The number of rotatable bonds is 2. The molecular formula is C24H26NO+. The van der Waals surface area contributed by atoms with Crippen molar-refractivity contribution in [2.45, 2.75) is 40.5 Å². The predicted molar refractivity (Wildman–Crippen MR) is 109 cm³/mol. The van der Waals surface area contributed by atoms with Crippen molar-refractivity contribution in [2.24, 2.45) is 7.05 Å². The molecule has 0 radical (unpaired) electrons. The number of pyridine rings is 1. The first-order valence-electron chi connectivity index (χ1n) is 9.30. The van der Waals surface area contributed by atoms with Crippen LogP contribution in [0.2, 0.25) is 0 Å². The van der Waals surface area contributed by atoms with Crippen LogP contribution >= 0.6 is 0 Å². The molecule has 0 amide bonds. The number of furan rings is 1. The molecule has 0 spiro atoms. The Labute approximate surface area is 155 Å². The molecule has 26 heavy (non-hydrogen) atoms. The van der Waals surface area contributed by atoms with E-state index >= 15 is 0 Å². The second-order valence-electron chi connectivity index (χ2n) is 7.75. The van der Waals surface area contributed by atoms with Crippen LogP contribution in [0.4, 0.5) is 0 Å². The Morgan fingerprint density at radius 1 is 0.846 bits per heavy atom. The maximum Gasteiger partial charge on any atom is 0.216 e. The number of para-hydroxylation sites is 1. The third kappa shape index (κ3) is 2.44. The molecule has 4 aromatic rings. The number of nitrogens with zero attached hydrogens (tertiary/aromatic N) is 1. The quantitative estimate of drug-likeness (QED) is 0.400. The molecule has 0 aliphatic heterocycles. The third-order valence-electron chi connectivity index (χ3n) is 5.47. The maximum atomic E-state index is 6.42. The zero-order chi connectivity index (χ0) is 18.6. The van der Waals surface area contributed by atoms with Crippen molar-refractivity contribution in [3.8, 4) is 11.3 Å². The molecule has 2 heterocycles. The normalized spacial score (nSPS) is 11.8. The van der Waals surface area contributed by atoms with E-state index in [0.29, 0.717) is 5.92 Å². The first-order chi connectivity index (χ1) is 12.4. The largest absolute Gasteiger partial charge is 0.455 e. The minimum absolute atomic E-state index is 0.493. The molecule has 2 heteroatoms. The van der Waals surface area contributed by atoms with Gasteiger partial charge in [0.05, 0.1) is 5.56 Å². The zero-order valence-corrected chi connectivity index (χ0v) is 16.5. The van der Waals surface area contributed by atoms with Gasteiger partial charge in [-0.3, -0.25) is 0 Å². The SMILES string of the molecule is Cc1c[n+](C)c(-c2c(C)ccc3c2oc2c(C)cccc23)cc1C(C)C. The van der Waals surface area contributed by atoms with Crippen molar-refractivity contribution < 1.29 is 8.98 Å². The Hall–Kier alpha value is -2.61. The van der Waals surface area contributed by atoms with E-state index in [2.05, 4.69) is 88.8 Å². The fourth-order valence-electron chi connectivity index (χ4n) is 4.09. The number of benzene rings is 2. The van der Waals surface area contributed by atoms with Crippen LogP contribution in [0.1, 0.15) is 42.0 Å². The second kappa shape index (κ2) is 5.98. The van der Waals surface area contributed by atoms with Crippen LogP contribution in [0.15, 0.2) is 47.0 Å². The molecule has 0 fully saturated rings. The summed E-state index contributed by atoms with van der Waals surface area (Å²) in [4.78, 5) is 0. The molecule has 0 atom stereocenters. The van der Waals surface area contributed by atoms with Crippen LogP contribution in [-0.4, -0.2) is 0 Å². The van der Waals surface area contributed by atoms with Crippen molar-refractivity contribution in [2.75, 3.05) is 0 Å². The Morgan fingerprint density at radius 2 is 1.58 bits per heavy atom. The molecule has 2 nitrogen and oxygen atoms in total. The first kappa shape index (κ1) is 16.8. The molecule has 4 rings (SSSR count). The number of hydrogen-bond acceptors (Lipinski definition) is 1. The third-order valence-corrected chi connectivity index (χ3v) is 5.47. The molecule has 2 aromatic heterocycles. The molecule has 0 N–H and O–H groups in total. The van der Waals surface area contributed by atoms with Crippen molar-refractivity contribution >= 4 is 21.9 Å². The smallest absolute Gasteiger partial charge is 0.216 e. The van der Waals surface area contributed by atoms with Crippen molar-refractivity contribution in [1.82, 2.24) is 0 Å². The number of aromatic nitrogens is 1. The van der Waals surface area contributed by atoms with E-state index in [4.69, 9.17) is 4.42 Å². The molecule has 0 saturated heterocycles. The Morgan fingerprint density at radius 3 is 2.31 bits per heavy atom. The molecule has 0 unspecified atom stereocenters. The van der Waals surface area contributed by atoms with Gasteiger partial charge in [0, 0.05) is 22.4 Å². The molecular weight excluding hydrogens is 318 g/mol. The van der Waals surface area contributed by atoms with Crippen LogP contribution < -0.4 is 4.57 Å². The summed E-state index contributed by atoms with van der Waals surface area (Å²) in [6, 6.07) is 13.1. The number of fused-ring (bicyclic) bond motifs is 3. The second-order valence-corrected chi connectivity index (χ2v) is 7.75. The van der Waals surface area contributed by atoms with Gasteiger partial charge in [0.1, 0.15) is 18.2 Å². The summed E-state index contributed by atoms with van der Waals surface area (Å²) in [7, 11) is 2.12. The minimum atomic E-state index is 0.493. The zero-order valence-electron chi connectivity index (χ0n) is 16.5. The fraction of sp³-hybridized carbons (Fsp3) is 0.292. The van der Waals surface area contributed by atoms with Gasteiger partial charge >= 0.3 is 0 Å². The lowest BCUT2D eigenvalue weighted by Crippen LogP contribution is -2.32. The number of hydrogen-bond donors (Lipinski definition) is 0. The van der Waals surface area contributed by atoms with Crippen LogP contribution in [0.3, 0.4) is 0 Å². The summed E-state index contributed by atoms with van der Waals surface area (Å²) in [6.07, 6.45) is 2.23. The average molecular weight is 344 g/mol. The van der Waals surface area contributed by atoms with Crippen molar-refractivity contribution in [3.05, 3.63) is 64.8 Å². The van der Waals surface area contributed by atoms with Gasteiger partial charge in [-0.2, -0.15) is 0 Å². The van der Waals surface area contributed by atoms with Gasteiger partial charge in [-0.15, -0.1) is 0 Å². The van der Waals surface area contributed by atoms with Crippen molar-refractivity contribution in [3.63, 3.8) is 0 Å². The monoisotopic (exact) mass is 344 g/mol. The summed E-state index contributed by atoms with van der Waals surface area (Å²) >= 11 is 0. The number of aryl methyl sites for hydroxylation is 4. The topological polar surface area (TPSA) is 17.0 Å². The molecule has 0 aliphatic rings. The Kier molecular flexibility index (Phi) is 3.87. The van der Waals surface area contributed by atoms with Gasteiger partial charge in [0.15, 0.2) is 6.20 Å². The van der Waals surface area contributed by atoms with E-state index in [-0.39, 0.29) is 0 Å². The molecule has 0 bridgehead atoms. The predicted octanol–water partition coefficient (Wildman–Crippen LogP) is 6.13. The van der Waals surface area contributed by atoms with E-state index in [0.717, 1.165) is 11.2 Å². The molecule has 0 aliphatic carbocycles. The average Bonchev–Trinajstić information content (AvgIpc) is 2.95. The van der Waals surface area contributed by atoms with E-state index in [9.17, 15) is 0 Å². The maximum absolute atomic E-state index is 6.42. The Bertz CT molecular complexity index is 1150. The van der Waals surface area contributed by atoms with Crippen LogP contribution in [0, 0.1) is 20.8 Å². The van der Waals surface area contributed by atoms with E-state index in [1.807, 2.05) is 0 Å². The lowest BCUT2D eigenvalue weighted by molar-refractivity contribution is -0.660. The van der Waals surface area contributed by atoms with Crippen LogP contribution in [0.25, 0.3) is 33.2 Å². The first-order valence-corrected chi connectivity index (χ1v) is 9.30. The van der Waals surface area contributed by atoms with Gasteiger partial charge in [0.25, 0.3) is 0 Å².